The van der Waals surface area contributed by atoms with Gasteiger partial charge in [-0.3, -0.25) is 4.79 Å². The summed E-state index contributed by atoms with van der Waals surface area (Å²) >= 11 is 13.4. The van der Waals surface area contributed by atoms with Gasteiger partial charge in [0, 0.05) is 7.05 Å². The molecule has 6 nitrogen and oxygen atoms in total. The number of aromatic nitrogens is 3. The summed E-state index contributed by atoms with van der Waals surface area (Å²) in [7, 11) is 1.85. The first-order valence-electron chi connectivity index (χ1n) is 8.85. The topological polar surface area (TPSA) is 69.0 Å². The van der Waals surface area contributed by atoms with Gasteiger partial charge in [0.2, 0.25) is 5.91 Å². The van der Waals surface area contributed by atoms with Crippen LogP contribution in [0.15, 0.2) is 47.6 Å². The number of amides is 1. The Labute approximate surface area is 183 Å². The molecule has 2 aromatic carbocycles. The number of anilines is 1. The number of hydrogen-bond acceptors (Lipinski definition) is 5. The molecule has 0 radical (unpaired) electrons. The molecule has 0 aliphatic carbocycles. The molecule has 0 bridgehead atoms. The second kappa shape index (κ2) is 9.52. The van der Waals surface area contributed by atoms with E-state index >= 15 is 0 Å². The van der Waals surface area contributed by atoms with Gasteiger partial charge in [0.05, 0.1) is 21.5 Å². The van der Waals surface area contributed by atoms with Crippen molar-refractivity contribution in [1.29, 1.82) is 0 Å². The van der Waals surface area contributed by atoms with E-state index in [1.165, 1.54) is 11.8 Å². The molecule has 1 unspecified atom stereocenters. The minimum Gasteiger partial charge on any atom is -0.482 e. The fraction of sp³-hybridized carbons (Fsp3) is 0.250. The average Bonchev–Trinajstić information content (AvgIpc) is 3.05. The normalized spacial score (nSPS) is 11.9. The Morgan fingerprint density at radius 2 is 1.86 bits per heavy atom. The molecule has 0 saturated heterocycles. The Bertz CT molecular complexity index is 1010. The van der Waals surface area contributed by atoms with Gasteiger partial charge in [-0.2, -0.15) is 0 Å². The lowest BCUT2D eigenvalue weighted by atomic mass is 10.2. The van der Waals surface area contributed by atoms with Crippen LogP contribution in [0.2, 0.25) is 10.0 Å². The third-order valence-corrected chi connectivity index (χ3v) is 5.84. The summed E-state index contributed by atoms with van der Waals surface area (Å²) in [6.45, 7) is 3.90. The van der Waals surface area contributed by atoms with Crippen molar-refractivity contribution >= 4 is 46.6 Å². The van der Waals surface area contributed by atoms with Crippen molar-refractivity contribution < 1.29 is 9.53 Å². The number of para-hydroxylation sites is 2. The van der Waals surface area contributed by atoms with E-state index in [1.54, 1.807) is 18.2 Å². The van der Waals surface area contributed by atoms with Crippen molar-refractivity contribution in [3.05, 3.63) is 63.9 Å². The van der Waals surface area contributed by atoms with Gasteiger partial charge in [-0.05, 0) is 37.6 Å². The van der Waals surface area contributed by atoms with Crippen LogP contribution in [-0.4, -0.2) is 26.4 Å². The second-order valence-electron chi connectivity index (χ2n) is 6.36. The molecular formula is C20H20Cl2N4O2S. The third-order valence-electron chi connectivity index (χ3n) is 4.19. The van der Waals surface area contributed by atoms with E-state index in [4.69, 9.17) is 27.9 Å². The van der Waals surface area contributed by atoms with Crippen LogP contribution in [0, 0.1) is 6.92 Å². The van der Waals surface area contributed by atoms with E-state index in [-0.39, 0.29) is 17.8 Å². The lowest BCUT2D eigenvalue weighted by Crippen LogP contribution is -2.15. The quantitative estimate of drug-likeness (QED) is 0.494. The minimum atomic E-state index is -0.293. The van der Waals surface area contributed by atoms with Crippen molar-refractivity contribution in [3.63, 3.8) is 0 Å². The number of rotatable bonds is 7. The van der Waals surface area contributed by atoms with Gasteiger partial charge in [0.25, 0.3) is 0 Å². The number of aryl methyl sites for hydroxylation is 1. The maximum atomic E-state index is 12.3. The summed E-state index contributed by atoms with van der Waals surface area (Å²) in [6, 6.07) is 12.9. The van der Waals surface area contributed by atoms with E-state index in [0.29, 0.717) is 26.7 Å². The number of halogens is 2. The maximum absolute atomic E-state index is 12.3. The zero-order chi connectivity index (χ0) is 21.0. The number of ether oxygens (including phenoxy) is 1. The molecule has 29 heavy (non-hydrogen) atoms. The van der Waals surface area contributed by atoms with E-state index in [0.717, 1.165) is 11.3 Å². The largest absolute Gasteiger partial charge is 0.482 e. The van der Waals surface area contributed by atoms with Gasteiger partial charge in [-0.25, -0.2) is 0 Å². The monoisotopic (exact) mass is 450 g/mol. The van der Waals surface area contributed by atoms with Gasteiger partial charge in [-0.1, -0.05) is 59.2 Å². The second-order valence-corrected chi connectivity index (χ2v) is 8.12. The van der Waals surface area contributed by atoms with Crippen molar-refractivity contribution in [1.82, 2.24) is 14.8 Å². The first-order valence-corrected chi connectivity index (χ1v) is 10.6. The van der Waals surface area contributed by atoms with Crippen LogP contribution in [0.25, 0.3) is 0 Å². The highest BCUT2D eigenvalue weighted by molar-refractivity contribution is 7.99. The molecule has 1 atom stereocenters. The summed E-state index contributed by atoms with van der Waals surface area (Å²) < 4.78 is 7.84. The molecule has 3 aromatic rings. The Hall–Kier alpha value is -2.22. The molecule has 1 heterocycles. The predicted molar refractivity (Wildman–Crippen MR) is 117 cm³/mol. The molecule has 152 valence electrons. The van der Waals surface area contributed by atoms with Crippen molar-refractivity contribution in [3.8, 4) is 5.75 Å². The van der Waals surface area contributed by atoms with Crippen LogP contribution >= 0.6 is 35.0 Å². The van der Waals surface area contributed by atoms with Crippen LogP contribution in [-0.2, 0) is 11.8 Å². The van der Waals surface area contributed by atoms with E-state index in [9.17, 15) is 4.79 Å². The van der Waals surface area contributed by atoms with Crippen LogP contribution in [0.4, 0.5) is 5.69 Å². The zero-order valence-electron chi connectivity index (χ0n) is 16.1. The summed E-state index contributed by atoms with van der Waals surface area (Å²) in [6.07, 6.45) is -0.293. The molecular weight excluding hydrogens is 431 g/mol. The molecule has 0 saturated carbocycles. The number of nitrogens with zero attached hydrogens (tertiary/aromatic N) is 3. The number of carbonyl (C=O) groups excluding carboxylic acids is 1. The molecule has 0 fully saturated rings. The Kier molecular flexibility index (Phi) is 7.05. The number of benzene rings is 2. The van der Waals surface area contributed by atoms with E-state index < -0.39 is 0 Å². The third kappa shape index (κ3) is 5.23. The number of thioether (sulfide) groups is 1. The Balaban J connectivity index is 1.62. The highest BCUT2D eigenvalue weighted by atomic mass is 35.5. The van der Waals surface area contributed by atoms with Gasteiger partial charge >= 0.3 is 0 Å². The zero-order valence-corrected chi connectivity index (χ0v) is 18.5. The van der Waals surface area contributed by atoms with Crippen molar-refractivity contribution in [2.24, 2.45) is 7.05 Å². The highest BCUT2D eigenvalue weighted by Crippen LogP contribution is 2.30. The minimum absolute atomic E-state index is 0.139. The summed E-state index contributed by atoms with van der Waals surface area (Å²) in [4.78, 5) is 12.3. The Morgan fingerprint density at radius 3 is 2.55 bits per heavy atom. The SMILES string of the molecule is Cc1ccccc1OC(C)c1nnc(SCC(=O)Nc2c(Cl)cccc2Cl)n1C. The van der Waals surface area contributed by atoms with E-state index in [2.05, 4.69) is 15.5 Å². The van der Waals surface area contributed by atoms with Gasteiger partial charge in [0.15, 0.2) is 17.1 Å². The van der Waals surface area contributed by atoms with Crippen LogP contribution in [0.3, 0.4) is 0 Å². The molecule has 1 N–H and O–H groups in total. The molecule has 9 heteroatoms. The van der Waals surface area contributed by atoms with Gasteiger partial charge < -0.3 is 14.6 Å². The lowest BCUT2D eigenvalue weighted by Gasteiger charge is -2.15. The fourth-order valence-corrected chi connectivity index (χ4v) is 3.87. The van der Waals surface area contributed by atoms with Crippen LogP contribution in [0.5, 0.6) is 5.75 Å². The smallest absolute Gasteiger partial charge is 0.234 e. The van der Waals surface area contributed by atoms with Gasteiger partial charge in [0.1, 0.15) is 5.75 Å². The summed E-state index contributed by atoms with van der Waals surface area (Å²) in [5.41, 5.74) is 1.45. The first-order chi connectivity index (χ1) is 13.9. The van der Waals surface area contributed by atoms with Gasteiger partial charge in [-0.15, -0.1) is 10.2 Å². The molecule has 0 spiro atoms. The highest BCUT2D eigenvalue weighted by Gasteiger charge is 2.19. The Morgan fingerprint density at radius 1 is 1.17 bits per heavy atom. The number of nitrogens with one attached hydrogen (secondary N) is 1. The first kappa shape index (κ1) is 21.5. The standard InChI is InChI=1S/C20H20Cl2N4O2S/c1-12-7-4-5-10-16(12)28-13(2)19-24-25-20(26(19)3)29-11-17(27)23-18-14(21)8-6-9-15(18)22/h4-10,13H,11H2,1-3H3,(H,23,27). The average molecular weight is 451 g/mol. The fourth-order valence-electron chi connectivity index (χ4n) is 2.66. The van der Waals surface area contributed by atoms with Crippen LogP contribution < -0.4 is 10.1 Å². The summed E-state index contributed by atoms with van der Waals surface area (Å²) in [5, 5.41) is 12.5. The molecule has 3 rings (SSSR count). The van der Waals surface area contributed by atoms with Crippen LogP contribution in [0.1, 0.15) is 24.4 Å². The molecule has 1 amide bonds. The molecule has 0 aliphatic rings. The summed E-state index contributed by atoms with van der Waals surface area (Å²) in [5.74, 6) is 1.37. The van der Waals surface area contributed by atoms with E-state index in [1.807, 2.05) is 49.7 Å². The van der Waals surface area contributed by atoms with Crippen molar-refractivity contribution in [2.75, 3.05) is 11.1 Å². The molecule has 1 aromatic heterocycles. The number of hydrogen-bond donors (Lipinski definition) is 1. The van der Waals surface area contributed by atoms with Crippen molar-refractivity contribution in [2.45, 2.75) is 25.1 Å². The number of carbonyl (C=O) groups is 1. The maximum Gasteiger partial charge on any atom is 0.234 e. The molecule has 0 aliphatic heterocycles. The predicted octanol–water partition coefficient (Wildman–Crippen LogP) is 5.30. The lowest BCUT2D eigenvalue weighted by molar-refractivity contribution is -0.113.